The Bertz CT molecular complexity index is 849. The van der Waals surface area contributed by atoms with Gasteiger partial charge in [-0.25, -0.2) is 0 Å². The minimum absolute atomic E-state index is 0.500. The molecule has 0 amide bonds. The third kappa shape index (κ3) is 12.0. The quantitative estimate of drug-likeness (QED) is 0.325. The van der Waals surface area contributed by atoms with Crippen molar-refractivity contribution in [1.29, 1.82) is 0 Å². The van der Waals surface area contributed by atoms with Crippen LogP contribution in [0.2, 0.25) is 0 Å². The molecular formula is C29H42N2O4. The summed E-state index contributed by atoms with van der Waals surface area (Å²) in [4.78, 5) is 16.6. The highest BCUT2D eigenvalue weighted by Crippen LogP contribution is 2.41. The van der Waals surface area contributed by atoms with Crippen molar-refractivity contribution in [3.8, 4) is 0 Å². The zero-order valence-corrected chi connectivity index (χ0v) is 21.6. The largest absolute Gasteiger partial charge is 0.265 e. The van der Waals surface area contributed by atoms with E-state index in [0.29, 0.717) is 0 Å². The smallest absolute Gasteiger partial charge is 0.194 e. The van der Waals surface area contributed by atoms with Crippen molar-refractivity contribution in [2.45, 2.75) is 77.0 Å². The number of hydrogen-bond donors (Lipinski definition) is 0. The summed E-state index contributed by atoms with van der Waals surface area (Å²) in [6, 6.07) is 20.3. The van der Waals surface area contributed by atoms with Crippen LogP contribution in [0.1, 0.15) is 87.3 Å². The molecule has 0 unspecified atom stereocenters. The fraction of sp³-hybridized carbons (Fsp3) is 0.586. The summed E-state index contributed by atoms with van der Waals surface area (Å²) in [7, 11) is 1.78. The molecule has 192 valence electrons. The van der Waals surface area contributed by atoms with Crippen LogP contribution in [0.25, 0.3) is 0 Å². The molecule has 0 aliphatic heterocycles. The predicted octanol–water partition coefficient (Wildman–Crippen LogP) is 7.55. The van der Waals surface area contributed by atoms with E-state index in [0.717, 1.165) is 44.2 Å². The molecule has 2 saturated carbocycles. The lowest BCUT2D eigenvalue weighted by molar-refractivity contribution is -0.445. The molecule has 0 bridgehead atoms. The molecule has 0 heterocycles. The van der Waals surface area contributed by atoms with Gasteiger partial charge in [0.25, 0.3) is 0 Å². The molecule has 2 fully saturated rings. The molecule has 4 rings (SSSR count). The van der Waals surface area contributed by atoms with Crippen LogP contribution >= 0.6 is 0 Å². The highest BCUT2D eigenvalue weighted by Gasteiger charge is 2.26. The Labute approximate surface area is 210 Å². The van der Waals surface area contributed by atoms with Crippen LogP contribution in [0.5, 0.6) is 0 Å². The number of hydrogen-bond acceptors (Lipinski definition) is 4. The van der Waals surface area contributed by atoms with Crippen LogP contribution in [0.4, 0.5) is 0 Å². The summed E-state index contributed by atoms with van der Waals surface area (Å²) >= 11 is 0. The first-order valence-corrected chi connectivity index (χ1v) is 13.0. The summed E-state index contributed by atoms with van der Waals surface area (Å²) in [5.74, 6) is 3.84. The Morgan fingerprint density at radius 3 is 1.60 bits per heavy atom. The Kier molecular flexibility index (Phi) is 12.4. The maximum Gasteiger partial charge on any atom is 0.194 e. The van der Waals surface area contributed by atoms with Gasteiger partial charge in [-0.1, -0.05) is 87.2 Å². The zero-order chi connectivity index (χ0) is 25.6. The van der Waals surface area contributed by atoms with Crippen molar-refractivity contribution in [2.24, 2.45) is 17.8 Å². The summed E-state index contributed by atoms with van der Waals surface area (Å²) in [5, 5.41) is 17.6. The highest BCUT2D eigenvalue weighted by molar-refractivity contribution is 5.30. The Hall–Kier alpha value is -2.76. The van der Waals surface area contributed by atoms with Gasteiger partial charge in [0, 0.05) is 9.85 Å². The molecule has 35 heavy (non-hydrogen) atoms. The minimum Gasteiger partial charge on any atom is -0.265 e. The first-order valence-electron chi connectivity index (χ1n) is 13.0. The molecule has 0 saturated heterocycles. The monoisotopic (exact) mass is 482 g/mol. The summed E-state index contributed by atoms with van der Waals surface area (Å²) in [5.41, 5.74) is 4.42. The third-order valence-electron chi connectivity index (χ3n) is 7.35. The van der Waals surface area contributed by atoms with Gasteiger partial charge in [0.15, 0.2) is 14.1 Å². The lowest BCUT2D eigenvalue weighted by Crippen LogP contribution is -2.19. The number of nitro groups is 2. The maximum absolute atomic E-state index is 8.81. The van der Waals surface area contributed by atoms with Crippen LogP contribution in [0, 0.1) is 38.0 Å². The summed E-state index contributed by atoms with van der Waals surface area (Å²) < 4.78 is 0. The average molecular weight is 483 g/mol. The van der Waals surface area contributed by atoms with Gasteiger partial charge in [-0.15, -0.1) is 0 Å². The van der Waals surface area contributed by atoms with Crippen LogP contribution in [0.15, 0.2) is 54.6 Å². The predicted molar refractivity (Wildman–Crippen MR) is 142 cm³/mol. The van der Waals surface area contributed by atoms with Crippen molar-refractivity contribution in [3.05, 3.63) is 91.5 Å². The van der Waals surface area contributed by atoms with Crippen molar-refractivity contribution in [1.82, 2.24) is 0 Å². The van der Waals surface area contributed by atoms with Gasteiger partial charge >= 0.3 is 0 Å². The van der Waals surface area contributed by atoms with E-state index >= 15 is 0 Å². The molecule has 2 aliphatic carbocycles. The standard InChI is InChI=1S/C27H36.2CH3NO2/c1-21-7-9-23(10-8-21)20-25-13-17-27(18-14-25)26-15-11-24(12-16-26)19-22-5-3-2-4-6-22;2*1-2(3)4/h2-6,11-12,15-16,21,23,25,27H,7-10,13-14,17-20H2,1H3;2*1H3. The molecule has 2 aromatic carbocycles. The lowest BCUT2D eigenvalue weighted by atomic mass is 9.72. The van der Waals surface area contributed by atoms with Crippen molar-refractivity contribution < 1.29 is 9.85 Å². The molecule has 0 radical (unpaired) electrons. The Balaban J connectivity index is 0.000000473. The first-order chi connectivity index (χ1) is 16.7. The lowest BCUT2D eigenvalue weighted by Gasteiger charge is -2.33. The van der Waals surface area contributed by atoms with Gasteiger partial charge in [0.1, 0.15) is 0 Å². The van der Waals surface area contributed by atoms with Crippen LogP contribution in [-0.4, -0.2) is 23.9 Å². The Morgan fingerprint density at radius 2 is 1.11 bits per heavy atom. The minimum atomic E-state index is -0.500. The second-order valence-electron chi connectivity index (χ2n) is 10.4. The molecular weight excluding hydrogens is 440 g/mol. The SMILES string of the molecule is CC1CCC(CC2CCC(c3ccc(Cc4ccccc4)cc3)CC2)CC1.C[N+](=O)[O-].C[N+](=O)[O-]. The molecule has 2 aromatic rings. The van der Waals surface area contributed by atoms with Gasteiger partial charge in [0.2, 0.25) is 0 Å². The van der Waals surface area contributed by atoms with E-state index in [1.807, 2.05) is 0 Å². The van der Waals surface area contributed by atoms with Crippen LogP contribution in [0.3, 0.4) is 0 Å². The normalized spacial score (nSPS) is 23.6. The fourth-order valence-corrected chi connectivity index (χ4v) is 5.51. The van der Waals surface area contributed by atoms with E-state index in [1.54, 1.807) is 5.56 Å². The van der Waals surface area contributed by atoms with E-state index in [-0.39, 0.29) is 0 Å². The maximum atomic E-state index is 8.81. The third-order valence-corrected chi connectivity index (χ3v) is 7.35. The Morgan fingerprint density at radius 1 is 0.686 bits per heavy atom. The molecule has 0 N–H and O–H groups in total. The van der Waals surface area contributed by atoms with Crippen molar-refractivity contribution in [3.63, 3.8) is 0 Å². The van der Waals surface area contributed by atoms with Crippen LogP contribution < -0.4 is 0 Å². The van der Waals surface area contributed by atoms with Gasteiger partial charge in [-0.3, -0.25) is 20.2 Å². The first kappa shape index (κ1) is 28.5. The van der Waals surface area contributed by atoms with Crippen LogP contribution in [-0.2, 0) is 6.42 Å². The average Bonchev–Trinajstić information content (AvgIpc) is 2.82. The van der Waals surface area contributed by atoms with E-state index in [1.165, 1.54) is 68.9 Å². The van der Waals surface area contributed by atoms with Gasteiger partial charge < -0.3 is 0 Å². The highest BCUT2D eigenvalue weighted by atomic mass is 16.6. The molecule has 6 nitrogen and oxygen atoms in total. The van der Waals surface area contributed by atoms with Crippen molar-refractivity contribution >= 4 is 0 Å². The van der Waals surface area contributed by atoms with Gasteiger partial charge in [-0.05, 0) is 78.9 Å². The van der Waals surface area contributed by atoms with E-state index < -0.39 is 9.85 Å². The summed E-state index contributed by atoms with van der Waals surface area (Å²) in [6.07, 6.45) is 14.3. The molecule has 6 heteroatoms. The van der Waals surface area contributed by atoms with E-state index in [9.17, 15) is 0 Å². The topological polar surface area (TPSA) is 86.3 Å². The summed E-state index contributed by atoms with van der Waals surface area (Å²) in [6.45, 7) is 2.44. The van der Waals surface area contributed by atoms with E-state index in [2.05, 4.69) is 61.5 Å². The fourth-order valence-electron chi connectivity index (χ4n) is 5.51. The molecule has 0 atom stereocenters. The van der Waals surface area contributed by atoms with Crippen molar-refractivity contribution in [2.75, 3.05) is 14.1 Å². The van der Waals surface area contributed by atoms with Gasteiger partial charge in [-0.2, -0.15) is 0 Å². The second kappa shape index (κ2) is 15.3. The zero-order valence-electron chi connectivity index (χ0n) is 21.6. The number of rotatable bonds is 5. The molecule has 2 aliphatic rings. The molecule has 0 spiro atoms. The number of nitrogens with zero attached hydrogens (tertiary/aromatic N) is 2. The molecule has 0 aromatic heterocycles. The number of benzene rings is 2. The van der Waals surface area contributed by atoms with E-state index in [4.69, 9.17) is 20.2 Å². The van der Waals surface area contributed by atoms with Gasteiger partial charge in [0.05, 0.1) is 0 Å². The second-order valence-corrected chi connectivity index (χ2v) is 10.4.